The Morgan fingerprint density at radius 2 is 1.38 bits per heavy atom. The van der Waals surface area contributed by atoms with Crippen LogP contribution in [0, 0.1) is 5.82 Å². The van der Waals surface area contributed by atoms with E-state index >= 15 is 0 Å². The van der Waals surface area contributed by atoms with Gasteiger partial charge in [0.2, 0.25) is 0 Å². The Hall–Kier alpha value is -2.69. The van der Waals surface area contributed by atoms with Gasteiger partial charge in [0.25, 0.3) is 0 Å². The van der Waals surface area contributed by atoms with Crippen molar-refractivity contribution in [3.05, 3.63) is 99.3 Å². The molecule has 0 bridgehead atoms. The lowest BCUT2D eigenvalue weighted by molar-refractivity contribution is 0.627. The molecule has 0 spiro atoms. The molecule has 0 radical (unpaired) electrons. The van der Waals surface area contributed by atoms with E-state index in [1.54, 1.807) is 30.3 Å². The molecule has 3 nitrogen and oxygen atoms in total. The maximum atomic E-state index is 13.9. The van der Waals surface area contributed by atoms with E-state index in [0.717, 1.165) is 11.1 Å². The van der Waals surface area contributed by atoms with E-state index in [2.05, 4.69) is 15.5 Å². The molecule has 6 heteroatoms. The molecule has 0 atom stereocenters. The van der Waals surface area contributed by atoms with Crippen molar-refractivity contribution in [3.8, 4) is 0 Å². The molecule has 1 aliphatic rings. The Labute approximate surface area is 159 Å². The van der Waals surface area contributed by atoms with Gasteiger partial charge in [0.1, 0.15) is 11.5 Å². The van der Waals surface area contributed by atoms with Gasteiger partial charge in [-0.05, 0) is 54.6 Å². The molecule has 0 saturated heterocycles. The number of rotatable bonds is 2. The van der Waals surface area contributed by atoms with Crippen LogP contribution in [-0.2, 0) is 0 Å². The molecule has 4 rings (SSSR count). The van der Waals surface area contributed by atoms with Gasteiger partial charge < -0.3 is 0 Å². The first-order valence-electron chi connectivity index (χ1n) is 7.84. The molecule has 0 amide bonds. The van der Waals surface area contributed by atoms with Crippen LogP contribution in [0.3, 0.4) is 0 Å². The number of nitrogens with one attached hydrogen (secondary N) is 1. The number of hydrazone groups is 1. The zero-order valence-electron chi connectivity index (χ0n) is 13.4. The van der Waals surface area contributed by atoms with Crippen molar-refractivity contribution in [1.82, 2.24) is 5.43 Å². The normalized spacial score (nSPS) is 13.2. The molecular formula is C20H12Cl2FN3. The summed E-state index contributed by atoms with van der Waals surface area (Å²) in [4.78, 5) is 4.63. The van der Waals surface area contributed by atoms with Gasteiger partial charge in [0.05, 0.1) is 5.69 Å². The SMILES string of the molecule is Fc1ccc2c(c1)C(c1ccc(Cl)cc1)=NNC(c1ccc(Cl)cc1)=N2. The van der Waals surface area contributed by atoms with E-state index in [0.29, 0.717) is 32.8 Å². The Bertz CT molecular complexity index is 1030. The van der Waals surface area contributed by atoms with Crippen LogP contribution >= 0.6 is 23.2 Å². The van der Waals surface area contributed by atoms with Gasteiger partial charge in [0, 0.05) is 26.7 Å². The maximum absolute atomic E-state index is 13.9. The van der Waals surface area contributed by atoms with Crippen LogP contribution < -0.4 is 5.43 Å². The zero-order chi connectivity index (χ0) is 18.1. The molecule has 0 aliphatic carbocycles. The summed E-state index contributed by atoms with van der Waals surface area (Å²) in [5.41, 5.74) is 6.43. The van der Waals surface area contributed by atoms with Crippen molar-refractivity contribution >= 4 is 40.4 Å². The number of amidine groups is 1. The van der Waals surface area contributed by atoms with Gasteiger partial charge in [-0.3, -0.25) is 5.43 Å². The number of fused-ring (bicyclic) bond motifs is 1. The smallest absolute Gasteiger partial charge is 0.154 e. The summed E-state index contributed by atoms with van der Waals surface area (Å²) in [7, 11) is 0. The summed E-state index contributed by atoms with van der Waals surface area (Å²) >= 11 is 11.9. The van der Waals surface area contributed by atoms with Crippen molar-refractivity contribution in [2.45, 2.75) is 0 Å². The molecule has 0 fully saturated rings. The van der Waals surface area contributed by atoms with Crippen molar-refractivity contribution in [1.29, 1.82) is 0 Å². The van der Waals surface area contributed by atoms with Gasteiger partial charge in [-0.15, -0.1) is 0 Å². The molecule has 128 valence electrons. The molecule has 0 unspecified atom stereocenters. The zero-order valence-corrected chi connectivity index (χ0v) is 14.9. The highest BCUT2D eigenvalue weighted by Gasteiger charge is 2.18. The minimum absolute atomic E-state index is 0.351. The summed E-state index contributed by atoms with van der Waals surface area (Å²) in [6.07, 6.45) is 0. The molecule has 3 aromatic rings. The van der Waals surface area contributed by atoms with Gasteiger partial charge in [-0.2, -0.15) is 5.10 Å². The van der Waals surface area contributed by atoms with Gasteiger partial charge >= 0.3 is 0 Å². The van der Waals surface area contributed by atoms with Gasteiger partial charge in [-0.1, -0.05) is 35.3 Å². The van der Waals surface area contributed by atoms with Crippen molar-refractivity contribution in [3.63, 3.8) is 0 Å². The number of aliphatic imine (C=N–C) groups is 1. The Morgan fingerprint density at radius 3 is 2.04 bits per heavy atom. The standard InChI is InChI=1S/C20H12Cl2FN3/c21-14-5-1-12(2-6-14)19-17-11-16(23)9-10-18(17)24-20(26-25-19)13-3-7-15(22)8-4-13/h1-11H,(H,24,26). The van der Waals surface area contributed by atoms with E-state index in [4.69, 9.17) is 23.2 Å². The van der Waals surface area contributed by atoms with Crippen LogP contribution in [0.1, 0.15) is 16.7 Å². The first kappa shape index (κ1) is 16.8. The number of hydrogen-bond donors (Lipinski definition) is 1. The van der Waals surface area contributed by atoms with Crippen LogP contribution in [0.25, 0.3) is 0 Å². The quantitative estimate of drug-likeness (QED) is 0.617. The topological polar surface area (TPSA) is 36.8 Å². The van der Waals surface area contributed by atoms with E-state index in [1.165, 1.54) is 12.1 Å². The summed E-state index contributed by atoms with van der Waals surface area (Å²) in [6.45, 7) is 0. The Morgan fingerprint density at radius 1 is 0.769 bits per heavy atom. The van der Waals surface area contributed by atoms with Crippen LogP contribution in [0.15, 0.2) is 76.8 Å². The number of hydrogen-bond acceptors (Lipinski definition) is 3. The molecule has 0 saturated carbocycles. The fourth-order valence-electron chi connectivity index (χ4n) is 2.67. The highest BCUT2D eigenvalue weighted by atomic mass is 35.5. The third kappa shape index (κ3) is 3.34. The average Bonchev–Trinajstić information content (AvgIpc) is 2.83. The third-order valence-corrected chi connectivity index (χ3v) is 4.46. The van der Waals surface area contributed by atoms with E-state index in [-0.39, 0.29) is 5.82 Å². The average molecular weight is 384 g/mol. The maximum Gasteiger partial charge on any atom is 0.154 e. The van der Waals surface area contributed by atoms with E-state index < -0.39 is 0 Å². The van der Waals surface area contributed by atoms with Crippen LogP contribution in [0.2, 0.25) is 10.0 Å². The second kappa shape index (κ2) is 6.90. The van der Waals surface area contributed by atoms with Gasteiger partial charge in [0.15, 0.2) is 5.84 Å². The first-order chi connectivity index (χ1) is 12.6. The largest absolute Gasteiger partial charge is 0.260 e. The lowest BCUT2D eigenvalue weighted by Gasteiger charge is -2.08. The predicted molar refractivity (Wildman–Crippen MR) is 104 cm³/mol. The molecule has 26 heavy (non-hydrogen) atoms. The summed E-state index contributed by atoms with van der Waals surface area (Å²) in [5.74, 6) is 0.203. The fraction of sp³-hybridized carbons (Fsp3) is 0. The van der Waals surface area contributed by atoms with Crippen LogP contribution in [0.5, 0.6) is 0 Å². The molecule has 1 heterocycles. The number of halogens is 3. The molecule has 1 aliphatic heterocycles. The molecule has 3 aromatic carbocycles. The fourth-order valence-corrected chi connectivity index (χ4v) is 2.93. The van der Waals surface area contributed by atoms with Crippen LogP contribution in [0.4, 0.5) is 10.1 Å². The minimum Gasteiger partial charge on any atom is -0.260 e. The highest BCUT2D eigenvalue weighted by Crippen LogP contribution is 2.27. The predicted octanol–water partition coefficient (Wildman–Crippen LogP) is 5.57. The van der Waals surface area contributed by atoms with Crippen molar-refractivity contribution < 1.29 is 4.39 Å². The monoisotopic (exact) mass is 383 g/mol. The number of nitrogens with zero attached hydrogens (tertiary/aromatic N) is 2. The lowest BCUT2D eigenvalue weighted by Crippen LogP contribution is -2.19. The number of benzene rings is 3. The molecular weight excluding hydrogens is 372 g/mol. The Balaban J connectivity index is 1.85. The Kier molecular flexibility index (Phi) is 4.45. The third-order valence-electron chi connectivity index (χ3n) is 3.95. The molecule has 0 aromatic heterocycles. The molecule has 1 N–H and O–H groups in total. The van der Waals surface area contributed by atoms with E-state index in [1.807, 2.05) is 24.3 Å². The van der Waals surface area contributed by atoms with Gasteiger partial charge in [-0.25, -0.2) is 9.38 Å². The lowest BCUT2D eigenvalue weighted by atomic mass is 10.0. The minimum atomic E-state index is -0.351. The summed E-state index contributed by atoms with van der Waals surface area (Å²) < 4.78 is 13.9. The summed E-state index contributed by atoms with van der Waals surface area (Å²) in [5, 5.41) is 5.73. The van der Waals surface area contributed by atoms with Crippen LogP contribution in [-0.4, -0.2) is 11.5 Å². The summed E-state index contributed by atoms with van der Waals surface area (Å²) in [6, 6.07) is 18.9. The van der Waals surface area contributed by atoms with Crippen molar-refractivity contribution in [2.75, 3.05) is 0 Å². The van der Waals surface area contributed by atoms with Crippen molar-refractivity contribution in [2.24, 2.45) is 10.1 Å². The second-order valence-corrected chi connectivity index (χ2v) is 6.58. The highest BCUT2D eigenvalue weighted by molar-refractivity contribution is 6.31. The second-order valence-electron chi connectivity index (χ2n) is 5.71. The van der Waals surface area contributed by atoms with E-state index in [9.17, 15) is 4.39 Å². The first-order valence-corrected chi connectivity index (χ1v) is 8.60.